The summed E-state index contributed by atoms with van der Waals surface area (Å²) in [6.45, 7) is 1.99. The smallest absolute Gasteiger partial charge is 0.125 e. The van der Waals surface area contributed by atoms with Crippen LogP contribution in [0.1, 0.15) is 19.8 Å². The summed E-state index contributed by atoms with van der Waals surface area (Å²) in [6, 6.07) is 0. The van der Waals surface area contributed by atoms with E-state index in [1.54, 1.807) is 0 Å². The molecule has 0 aromatic rings. The Morgan fingerprint density at radius 3 is 2.50 bits per heavy atom. The summed E-state index contributed by atoms with van der Waals surface area (Å²) in [5.41, 5.74) is 0. The summed E-state index contributed by atoms with van der Waals surface area (Å²) >= 11 is 0. The number of aliphatic hydroxyl groups excluding tert-OH is 1. The van der Waals surface area contributed by atoms with E-state index in [1.807, 2.05) is 6.92 Å². The zero-order valence-corrected chi connectivity index (χ0v) is 5.13. The third-order valence-corrected chi connectivity index (χ3v) is 1.09. The van der Waals surface area contributed by atoms with Gasteiger partial charge in [-0.2, -0.15) is 0 Å². The predicted molar refractivity (Wildman–Crippen MR) is 31.5 cm³/mol. The molecule has 0 spiro atoms. The maximum absolute atomic E-state index is 9.97. The Hall–Kier alpha value is -0.370. The number of carbonyl (C=O) groups is 1. The van der Waals surface area contributed by atoms with Crippen molar-refractivity contribution in [3.63, 3.8) is 0 Å². The molecule has 0 rings (SSSR count). The zero-order chi connectivity index (χ0) is 6.41. The Labute approximate surface area is 49.5 Å². The number of aldehydes is 1. The second-order valence-electron chi connectivity index (χ2n) is 1.87. The van der Waals surface area contributed by atoms with Crippen LogP contribution in [-0.2, 0) is 4.79 Å². The standard InChI is InChI=1S/C6H12O2/c1-2-3-6(4-7)5-8/h4,6,8H,2-3,5H2,1H3/t6-/m0/s1. The van der Waals surface area contributed by atoms with Crippen LogP contribution in [0.15, 0.2) is 0 Å². The van der Waals surface area contributed by atoms with E-state index in [0.29, 0.717) is 0 Å². The highest BCUT2D eigenvalue weighted by molar-refractivity contribution is 5.53. The van der Waals surface area contributed by atoms with Gasteiger partial charge < -0.3 is 9.90 Å². The number of carbonyl (C=O) groups excluding carboxylic acids is 1. The Balaban J connectivity index is 3.21. The molecule has 0 bridgehead atoms. The summed E-state index contributed by atoms with van der Waals surface area (Å²) in [5.74, 6) is -0.125. The molecule has 0 heterocycles. The van der Waals surface area contributed by atoms with Crippen molar-refractivity contribution in [1.29, 1.82) is 0 Å². The van der Waals surface area contributed by atoms with Crippen LogP contribution in [0, 0.1) is 5.92 Å². The minimum Gasteiger partial charge on any atom is -0.396 e. The zero-order valence-electron chi connectivity index (χ0n) is 5.13. The molecule has 0 aromatic heterocycles. The fraction of sp³-hybridized carbons (Fsp3) is 0.833. The third kappa shape index (κ3) is 2.75. The quantitative estimate of drug-likeness (QED) is 0.546. The third-order valence-electron chi connectivity index (χ3n) is 1.09. The average Bonchev–Trinajstić information content (AvgIpc) is 1.83. The van der Waals surface area contributed by atoms with E-state index in [-0.39, 0.29) is 12.5 Å². The fourth-order valence-corrected chi connectivity index (χ4v) is 0.573. The lowest BCUT2D eigenvalue weighted by atomic mass is 10.1. The molecule has 0 saturated heterocycles. The van der Waals surface area contributed by atoms with Gasteiger partial charge in [0.15, 0.2) is 0 Å². The predicted octanol–water partition coefficient (Wildman–Crippen LogP) is 0.594. The van der Waals surface area contributed by atoms with Crippen molar-refractivity contribution in [3.05, 3.63) is 0 Å². The van der Waals surface area contributed by atoms with E-state index in [2.05, 4.69) is 0 Å². The lowest BCUT2D eigenvalue weighted by molar-refractivity contribution is -0.112. The fourth-order valence-electron chi connectivity index (χ4n) is 0.573. The maximum Gasteiger partial charge on any atom is 0.125 e. The van der Waals surface area contributed by atoms with Crippen LogP contribution >= 0.6 is 0 Å². The molecule has 0 radical (unpaired) electrons. The van der Waals surface area contributed by atoms with Crippen molar-refractivity contribution in [2.24, 2.45) is 5.92 Å². The second-order valence-corrected chi connectivity index (χ2v) is 1.87. The van der Waals surface area contributed by atoms with Gasteiger partial charge in [0.2, 0.25) is 0 Å². The largest absolute Gasteiger partial charge is 0.396 e. The molecule has 2 nitrogen and oxygen atoms in total. The van der Waals surface area contributed by atoms with E-state index < -0.39 is 0 Å². The molecular formula is C6H12O2. The van der Waals surface area contributed by atoms with Gasteiger partial charge in [-0.15, -0.1) is 0 Å². The minimum absolute atomic E-state index is 0.00264. The normalized spacial score (nSPS) is 13.2. The Morgan fingerprint density at radius 1 is 1.75 bits per heavy atom. The number of hydrogen-bond donors (Lipinski definition) is 1. The van der Waals surface area contributed by atoms with E-state index in [0.717, 1.165) is 19.1 Å². The molecule has 0 unspecified atom stereocenters. The van der Waals surface area contributed by atoms with Crippen molar-refractivity contribution in [3.8, 4) is 0 Å². The molecule has 2 heteroatoms. The molecule has 0 aromatic carbocycles. The topological polar surface area (TPSA) is 37.3 Å². The van der Waals surface area contributed by atoms with Crippen LogP contribution in [0.4, 0.5) is 0 Å². The summed E-state index contributed by atoms with van der Waals surface area (Å²) in [4.78, 5) is 9.97. The minimum atomic E-state index is -0.125. The summed E-state index contributed by atoms with van der Waals surface area (Å²) in [5, 5.41) is 8.43. The Morgan fingerprint density at radius 2 is 2.38 bits per heavy atom. The molecule has 8 heavy (non-hydrogen) atoms. The molecule has 0 aliphatic carbocycles. The highest BCUT2D eigenvalue weighted by atomic mass is 16.3. The van der Waals surface area contributed by atoms with Gasteiger partial charge in [0, 0.05) is 5.92 Å². The van der Waals surface area contributed by atoms with Crippen molar-refractivity contribution in [2.75, 3.05) is 6.61 Å². The van der Waals surface area contributed by atoms with Crippen molar-refractivity contribution < 1.29 is 9.90 Å². The van der Waals surface area contributed by atoms with Gasteiger partial charge in [0.25, 0.3) is 0 Å². The molecule has 0 fully saturated rings. The van der Waals surface area contributed by atoms with Crippen molar-refractivity contribution in [2.45, 2.75) is 19.8 Å². The van der Waals surface area contributed by atoms with E-state index >= 15 is 0 Å². The molecule has 0 aliphatic heterocycles. The van der Waals surface area contributed by atoms with Crippen LogP contribution < -0.4 is 0 Å². The van der Waals surface area contributed by atoms with Crippen LogP contribution in [0.2, 0.25) is 0 Å². The van der Waals surface area contributed by atoms with Crippen LogP contribution in [0.5, 0.6) is 0 Å². The highest BCUT2D eigenvalue weighted by Gasteiger charge is 2.01. The Bertz CT molecular complexity index is 61.5. The average molecular weight is 116 g/mol. The van der Waals surface area contributed by atoms with Crippen molar-refractivity contribution >= 4 is 6.29 Å². The lowest BCUT2D eigenvalue weighted by Crippen LogP contribution is -2.05. The summed E-state index contributed by atoms with van der Waals surface area (Å²) in [7, 11) is 0. The van der Waals surface area contributed by atoms with Gasteiger partial charge in [-0.3, -0.25) is 0 Å². The molecular weight excluding hydrogens is 104 g/mol. The molecule has 1 N–H and O–H groups in total. The molecule has 0 aliphatic rings. The van der Waals surface area contributed by atoms with Crippen LogP contribution in [0.25, 0.3) is 0 Å². The Kier molecular flexibility index (Phi) is 4.56. The number of aliphatic hydroxyl groups is 1. The second kappa shape index (κ2) is 4.78. The van der Waals surface area contributed by atoms with Gasteiger partial charge >= 0.3 is 0 Å². The number of hydrogen-bond acceptors (Lipinski definition) is 2. The van der Waals surface area contributed by atoms with Crippen molar-refractivity contribution in [1.82, 2.24) is 0 Å². The van der Waals surface area contributed by atoms with Gasteiger partial charge in [-0.25, -0.2) is 0 Å². The summed E-state index contributed by atoms with van der Waals surface area (Å²) in [6.07, 6.45) is 2.58. The SMILES string of the molecule is CCC[C@@H](C=O)CO. The van der Waals surface area contributed by atoms with E-state index in [9.17, 15) is 4.79 Å². The van der Waals surface area contributed by atoms with Gasteiger partial charge in [-0.1, -0.05) is 13.3 Å². The maximum atomic E-state index is 9.97. The van der Waals surface area contributed by atoms with Gasteiger partial charge in [-0.05, 0) is 6.42 Å². The van der Waals surface area contributed by atoms with Crippen LogP contribution in [0.3, 0.4) is 0 Å². The molecule has 1 atom stereocenters. The van der Waals surface area contributed by atoms with E-state index in [1.165, 1.54) is 0 Å². The molecule has 48 valence electrons. The number of rotatable bonds is 4. The first kappa shape index (κ1) is 7.63. The van der Waals surface area contributed by atoms with E-state index in [4.69, 9.17) is 5.11 Å². The van der Waals surface area contributed by atoms with Gasteiger partial charge in [0.05, 0.1) is 6.61 Å². The highest BCUT2D eigenvalue weighted by Crippen LogP contribution is 1.99. The first-order chi connectivity index (χ1) is 3.85. The summed E-state index contributed by atoms with van der Waals surface area (Å²) < 4.78 is 0. The first-order valence-corrected chi connectivity index (χ1v) is 2.91. The lowest BCUT2D eigenvalue weighted by Gasteiger charge is -2.00. The monoisotopic (exact) mass is 116 g/mol. The van der Waals surface area contributed by atoms with Gasteiger partial charge in [0.1, 0.15) is 6.29 Å². The molecule has 0 amide bonds. The van der Waals surface area contributed by atoms with Crippen LogP contribution in [-0.4, -0.2) is 18.0 Å². The molecule has 0 saturated carbocycles. The first-order valence-electron chi connectivity index (χ1n) is 2.91.